The fourth-order valence-electron chi connectivity index (χ4n) is 2.13. The number of H-pyrrole nitrogens is 2. The first-order chi connectivity index (χ1) is 7.61. The summed E-state index contributed by atoms with van der Waals surface area (Å²) in [6.45, 7) is 4.34. The van der Waals surface area contributed by atoms with Gasteiger partial charge < -0.3 is 15.3 Å². The molecule has 86 valence electrons. The molecule has 1 heterocycles. The molecule has 0 saturated heterocycles. The summed E-state index contributed by atoms with van der Waals surface area (Å²) >= 11 is 0. The van der Waals surface area contributed by atoms with Gasteiger partial charge in [-0.2, -0.15) is 0 Å². The highest BCUT2D eigenvalue weighted by molar-refractivity contribution is 5.75. The summed E-state index contributed by atoms with van der Waals surface area (Å²) in [5.41, 5.74) is 2.76. The lowest BCUT2D eigenvalue weighted by molar-refractivity contribution is 0.443. The van der Waals surface area contributed by atoms with Crippen molar-refractivity contribution in [3.8, 4) is 0 Å². The predicted octanol–water partition coefficient (Wildman–Crippen LogP) is 1.77. The van der Waals surface area contributed by atoms with Gasteiger partial charge in [-0.3, -0.25) is 0 Å². The highest BCUT2D eigenvalue weighted by Gasteiger charge is 2.13. The Balaban J connectivity index is 2.48. The molecule has 0 amide bonds. The van der Waals surface area contributed by atoms with Crippen molar-refractivity contribution in [3.05, 3.63) is 34.2 Å². The van der Waals surface area contributed by atoms with Crippen molar-refractivity contribution in [1.29, 1.82) is 0 Å². The van der Waals surface area contributed by atoms with Gasteiger partial charge >= 0.3 is 5.69 Å². The monoisotopic (exact) mass is 219 g/mol. The Morgan fingerprint density at radius 2 is 1.88 bits per heavy atom. The van der Waals surface area contributed by atoms with Gasteiger partial charge in [0, 0.05) is 6.04 Å². The van der Waals surface area contributed by atoms with Crippen molar-refractivity contribution in [2.45, 2.75) is 19.9 Å². The third-order valence-corrected chi connectivity index (χ3v) is 2.88. The minimum Gasteiger partial charge on any atom is -0.313 e. The zero-order valence-electron chi connectivity index (χ0n) is 9.79. The van der Waals surface area contributed by atoms with Crippen LogP contribution in [0.2, 0.25) is 0 Å². The molecule has 4 heteroatoms. The van der Waals surface area contributed by atoms with Crippen LogP contribution in [0.4, 0.5) is 0 Å². The molecule has 16 heavy (non-hydrogen) atoms. The fraction of sp³-hybridized carbons (Fsp3) is 0.417. The molecule has 3 N–H and O–H groups in total. The third kappa shape index (κ3) is 1.88. The quantitative estimate of drug-likeness (QED) is 0.736. The van der Waals surface area contributed by atoms with E-state index in [4.69, 9.17) is 0 Å². The standard InChI is InChI=1S/C12H17N3O/c1-7(2)11(13-3)8-4-5-9-10(6-8)15-12(16)14-9/h4-7,11,13H,1-3H3,(H2,14,15,16). The maximum atomic E-state index is 11.1. The molecule has 0 aliphatic carbocycles. The van der Waals surface area contributed by atoms with Gasteiger partial charge in [0.2, 0.25) is 0 Å². The lowest BCUT2D eigenvalue weighted by Crippen LogP contribution is -2.21. The summed E-state index contributed by atoms with van der Waals surface area (Å²) in [6, 6.07) is 6.32. The Bertz CT molecular complexity index is 538. The van der Waals surface area contributed by atoms with E-state index in [1.165, 1.54) is 5.56 Å². The number of imidazole rings is 1. The van der Waals surface area contributed by atoms with Crippen LogP contribution < -0.4 is 11.0 Å². The Kier molecular flexibility index (Phi) is 2.83. The van der Waals surface area contributed by atoms with E-state index in [9.17, 15) is 4.79 Å². The van der Waals surface area contributed by atoms with E-state index in [1.807, 2.05) is 25.2 Å². The van der Waals surface area contributed by atoms with Gasteiger partial charge in [0.15, 0.2) is 0 Å². The van der Waals surface area contributed by atoms with Gasteiger partial charge in [0.1, 0.15) is 0 Å². The van der Waals surface area contributed by atoms with Crippen LogP contribution in [0.1, 0.15) is 25.5 Å². The summed E-state index contributed by atoms with van der Waals surface area (Å²) in [5.74, 6) is 0.508. The predicted molar refractivity (Wildman–Crippen MR) is 65.6 cm³/mol. The molecule has 1 aromatic carbocycles. The van der Waals surface area contributed by atoms with Crippen molar-refractivity contribution in [2.75, 3.05) is 7.05 Å². The van der Waals surface area contributed by atoms with Crippen LogP contribution in [0, 0.1) is 5.92 Å². The van der Waals surface area contributed by atoms with Gasteiger partial charge in [-0.15, -0.1) is 0 Å². The summed E-state index contributed by atoms with van der Waals surface area (Å²) < 4.78 is 0. The molecule has 0 radical (unpaired) electrons. The maximum Gasteiger partial charge on any atom is 0.323 e. The first-order valence-corrected chi connectivity index (χ1v) is 5.51. The first-order valence-electron chi connectivity index (χ1n) is 5.51. The van der Waals surface area contributed by atoms with Gasteiger partial charge in [0.05, 0.1) is 11.0 Å². The van der Waals surface area contributed by atoms with Gasteiger partial charge in [-0.1, -0.05) is 19.9 Å². The molecule has 1 aromatic heterocycles. The first kappa shape index (κ1) is 11.0. The van der Waals surface area contributed by atoms with Crippen molar-refractivity contribution in [1.82, 2.24) is 15.3 Å². The summed E-state index contributed by atoms with van der Waals surface area (Å²) in [7, 11) is 1.95. The molecule has 0 aliphatic heterocycles. The number of nitrogens with one attached hydrogen (secondary N) is 3. The van der Waals surface area contributed by atoms with Gasteiger partial charge in [0.25, 0.3) is 0 Å². The number of hydrogen-bond acceptors (Lipinski definition) is 2. The Labute approximate surface area is 94.1 Å². The summed E-state index contributed by atoms with van der Waals surface area (Å²) in [4.78, 5) is 16.7. The SMILES string of the molecule is CNC(c1ccc2[nH]c(=O)[nH]c2c1)C(C)C. The molecule has 0 saturated carbocycles. The smallest absolute Gasteiger partial charge is 0.313 e. The number of aromatic amines is 2. The lowest BCUT2D eigenvalue weighted by atomic mass is 9.96. The lowest BCUT2D eigenvalue weighted by Gasteiger charge is -2.20. The van der Waals surface area contributed by atoms with Crippen LogP contribution in [0.25, 0.3) is 11.0 Å². The molecular weight excluding hydrogens is 202 g/mol. The Morgan fingerprint density at radius 3 is 2.50 bits per heavy atom. The fourth-order valence-corrected chi connectivity index (χ4v) is 2.13. The van der Waals surface area contributed by atoms with E-state index >= 15 is 0 Å². The molecule has 1 unspecified atom stereocenters. The summed E-state index contributed by atoms with van der Waals surface area (Å²) in [6.07, 6.45) is 0. The van der Waals surface area contributed by atoms with E-state index in [0.29, 0.717) is 12.0 Å². The van der Waals surface area contributed by atoms with Crippen molar-refractivity contribution >= 4 is 11.0 Å². The minimum absolute atomic E-state index is 0.155. The largest absolute Gasteiger partial charge is 0.323 e. The summed E-state index contributed by atoms with van der Waals surface area (Å²) in [5, 5.41) is 3.29. The molecule has 1 atom stereocenters. The molecule has 2 aromatic rings. The van der Waals surface area contributed by atoms with Crippen LogP contribution in [-0.4, -0.2) is 17.0 Å². The van der Waals surface area contributed by atoms with Crippen molar-refractivity contribution in [3.63, 3.8) is 0 Å². The Morgan fingerprint density at radius 1 is 1.19 bits per heavy atom. The number of fused-ring (bicyclic) bond motifs is 1. The van der Waals surface area contributed by atoms with Crippen LogP contribution in [0.15, 0.2) is 23.0 Å². The van der Waals surface area contributed by atoms with E-state index in [2.05, 4.69) is 29.1 Å². The average Bonchev–Trinajstić information content (AvgIpc) is 2.57. The zero-order valence-corrected chi connectivity index (χ0v) is 9.79. The second kappa shape index (κ2) is 4.14. The van der Waals surface area contributed by atoms with Crippen molar-refractivity contribution in [2.24, 2.45) is 5.92 Å². The molecule has 2 rings (SSSR count). The zero-order chi connectivity index (χ0) is 11.7. The number of benzene rings is 1. The van der Waals surface area contributed by atoms with E-state index in [0.717, 1.165) is 11.0 Å². The molecule has 0 aliphatic rings. The maximum absolute atomic E-state index is 11.1. The number of hydrogen-bond donors (Lipinski definition) is 3. The number of aromatic nitrogens is 2. The van der Waals surface area contributed by atoms with Crippen LogP contribution in [0.3, 0.4) is 0 Å². The van der Waals surface area contributed by atoms with Crippen LogP contribution in [-0.2, 0) is 0 Å². The van der Waals surface area contributed by atoms with E-state index in [1.54, 1.807) is 0 Å². The average molecular weight is 219 g/mol. The molecule has 0 bridgehead atoms. The number of rotatable bonds is 3. The highest BCUT2D eigenvalue weighted by Crippen LogP contribution is 2.23. The van der Waals surface area contributed by atoms with Crippen LogP contribution in [0.5, 0.6) is 0 Å². The normalized spacial score (nSPS) is 13.5. The minimum atomic E-state index is -0.155. The highest BCUT2D eigenvalue weighted by atomic mass is 16.1. The molecular formula is C12H17N3O. The van der Waals surface area contributed by atoms with Crippen molar-refractivity contribution < 1.29 is 0 Å². The molecule has 0 fully saturated rings. The van der Waals surface area contributed by atoms with Gasteiger partial charge in [-0.05, 0) is 30.7 Å². The third-order valence-electron chi connectivity index (χ3n) is 2.88. The van der Waals surface area contributed by atoms with E-state index in [-0.39, 0.29) is 5.69 Å². The Hall–Kier alpha value is -1.55. The van der Waals surface area contributed by atoms with E-state index < -0.39 is 0 Å². The second-order valence-electron chi connectivity index (χ2n) is 4.39. The van der Waals surface area contributed by atoms with Gasteiger partial charge in [-0.25, -0.2) is 4.79 Å². The molecule has 0 spiro atoms. The molecule has 4 nitrogen and oxygen atoms in total. The second-order valence-corrected chi connectivity index (χ2v) is 4.39. The topological polar surface area (TPSA) is 60.7 Å². The van der Waals surface area contributed by atoms with Crippen LogP contribution >= 0.6 is 0 Å².